The van der Waals surface area contributed by atoms with Gasteiger partial charge in [-0.15, -0.1) is 0 Å². The lowest BCUT2D eigenvalue weighted by Gasteiger charge is -2.31. The van der Waals surface area contributed by atoms with Gasteiger partial charge in [-0.05, 0) is 53.8 Å². The summed E-state index contributed by atoms with van der Waals surface area (Å²) < 4.78 is 1.10. The van der Waals surface area contributed by atoms with Gasteiger partial charge < -0.3 is 9.80 Å². The molecule has 0 unspecified atom stereocenters. The number of quaternary nitrogens is 2. The molecule has 1 aromatic carbocycles. The first-order valence-electron chi connectivity index (χ1n) is 7.90. The van der Waals surface area contributed by atoms with Crippen molar-refractivity contribution < 1.29 is 19.4 Å². The van der Waals surface area contributed by atoms with Crippen molar-refractivity contribution >= 4 is 40.1 Å². The molecule has 2 saturated heterocycles. The highest BCUT2D eigenvalue weighted by Gasteiger charge is 2.46. The van der Waals surface area contributed by atoms with Crippen molar-refractivity contribution in [3.63, 3.8) is 0 Å². The van der Waals surface area contributed by atoms with Crippen molar-refractivity contribution in [3.8, 4) is 0 Å². The lowest BCUT2D eigenvalue weighted by atomic mass is 10.1. The molecule has 0 bridgehead atoms. The topological polar surface area (TPSA) is 46.3 Å². The van der Waals surface area contributed by atoms with Crippen molar-refractivity contribution in [2.45, 2.75) is 19.4 Å². The quantitative estimate of drug-likeness (QED) is 0.478. The van der Waals surface area contributed by atoms with Crippen LogP contribution in [0.2, 0.25) is 0 Å². The van der Waals surface area contributed by atoms with Gasteiger partial charge in [0.15, 0.2) is 6.04 Å². The number of likely N-dealkylation sites (N-methyl/N-ethyl adjacent to an activating group) is 1. The second kappa shape index (κ2) is 6.64. The Morgan fingerprint density at radius 1 is 1.14 bits per heavy atom. The number of carbonyl (C=O) groups excluding carboxylic acids is 2. The second-order valence-electron chi connectivity index (χ2n) is 6.06. The first kappa shape index (κ1) is 15.9. The minimum Gasteiger partial charge on any atom is -0.326 e. The molecule has 3 rings (SSSR count). The van der Waals surface area contributed by atoms with E-state index in [0.717, 1.165) is 36.3 Å². The zero-order valence-corrected chi connectivity index (χ0v) is 14.9. The Hall–Kier alpha value is -0.990. The van der Waals surface area contributed by atoms with E-state index in [1.807, 2.05) is 24.3 Å². The van der Waals surface area contributed by atoms with Crippen LogP contribution in [0.3, 0.4) is 0 Å². The summed E-state index contributed by atoms with van der Waals surface area (Å²) in [5.41, 5.74) is 0.704. The largest absolute Gasteiger partial charge is 0.326 e. The maximum atomic E-state index is 12.7. The maximum absolute atomic E-state index is 12.7. The summed E-state index contributed by atoms with van der Waals surface area (Å²) in [7, 11) is 0. The SMILES string of the molecule is CC[NH+]1CC[NH+]([C@@H]2CC(=O)N(c3ccc(I)cc3)C2=O)CC1. The standard InChI is InChI=1S/C16H20IN3O2/c1-2-18-7-9-19(10-8-18)14-11-15(21)20(16(14)22)13-5-3-12(17)4-6-13/h3-6,14H,2,7-11H2,1H3/p+2/t14-/m1/s1. The van der Waals surface area contributed by atoms with E-state index in [1.54, 1.807) is 4.90 Å². The Bertz CT molecular complexity index is 567. The Balaban J connectivity index is 1.73. The number of carbonyl (C=O) groups is 2. The Kier molecular flexibility index (Phi) is 4.79. The van der Waals surface area contributed by atoms with Crippen molar-refractivity contribution in [2.75, 3.05) is 37.6 Å². The molecule has 2 N–H and O–H groups in total. The van der Waals surface area contributed by atoms with Crippen LogP contribution < -0.4 is 14.7 Å². The zero-order valence-electron chi connectivity index (χ0n) is 12.8. The van der Waals surface area contributed by atoms with Crippen LogP contribution in [0.5, 0.6) is 0 Å². The van der Waals surface area contributed by atoms with Crippen LogP contribution in [0.15, 0.2) is 24.3 Å². The van der Waals surface area contributed by atoms with Crippen LogP contribution in [0.1, 0.15) is 13.3 Å². The van der Waals surface area contributed by atoms with E-state index in [2.05, 4.69) is 29.5 Å². The molecule has 0 aliphatic carbocycles. The van der Waals surface area contributed by atoms with E-state index in [9.17, 15) is 9.59 Å². The number of halogens is 1. The zero-order chi connectivity index (χ0) is 15.7. The molecular formula is C16H22IN3O2+2. The minimum absolute atomic E-state index is 0.0267. The fourth-order valence-corrected chi connectivity index (χ4v) is 3.80. The maximum Gasteiger partial charge on any atom is 0.292 e. The van der Waals surface area contributed by atoms with E-state index >= 15 is 0 Å². The molecule has 6 heteroatoms. The van der Waals surface area contributed by atoms with Gasteiger partial charge in [0.1, 0.15) is 26.2 Å². The first-order chi connectivity index (χ1) is 10.6. The molecule has 0 aromatic heterocycles. The average Bonchev–Trinajstić information content (AvgIpc) is 2.83. The number of hydrogen-bond donors (Lipinski definition) is 2. The molecular weight excluding hydrogens is 393 g/mol. The van der Waals surface area contributed by atoms with Gasteiger partial charge in [0.25, 0.3) is 5.91 Å². The third-order valence-corrected chi connectivity index (χ3v) is 5.54. The van der Waals surface area contributed by atoms with Crippen molar-refractivity contribution in [1.82, 2.24) is 0 Å². The summed E-state index contributed by atoms with van der Waals surface area (Å²) in [6, 6.07) is 7.38. The summed E-state index contributed by atoms with van der Waals surface area (Å²) >= 11 is 2.22. The molecule has 2 fully saturated rings. The summed E-state index contributed by atoms with van der Waals surface area (Å²) in [5.74, 6) is -0.0878. The van der Waals surface area contributed by atoms with E-state index < -0.39 is 0 Å². The molecule has 1 atom stereocenters. The fraction of sp³-hybridized carbons (Fsp3) is 0.500. The van der Waals surface area contributed by atoms with Crippen LogP contribution in [-0.2, 0) is 9.59 Å². The fourth-order valence-electron chi connectivity index (χ4n) is 3.44. The first-order valence-corrected chi connectivity index (χ1v) is 8.98. The Morgan fingerprint density at radius 3 is 2.36 bits per heavy atom. The molecule has 2 aliphatic rings. The van der Waals surface area contributed by atoms with E-state index in [-0.39, 0.29) is 17.9 Å². The molecule has 0 radical (unpaired) electrons. The number of hydrogen-bond acceptors (Lipinski definition) is 2. The smallest absolute Gasteiger partial charge is 0.292 e. The highest BCUT2D eigenvalue weighted by atomic mass is 127. The van der Waals surface area contributed by atoms with Crippen LogP contribution in [0, 0.1) is 3.57 Å². The van der Waals surface area contributed by atoms with Crippen LogP contribution >= 0.6 is 22.6 Å². The predicted octanol–water partition coefficient (Wildman–Crippen LogP) is -1.27. The summed E-state index contributed by atoms with van der Waals surface area (Å²) in [6.07, 6.45) is 0.349. The Labute approximate surface area is 144 Å². The lowest BCUT2D eigenvalue weighted by molar-refractivity contribution is -1.02. The molecule has 0 saturated carbocycles. The van der Waals surface area contributed by atoms with Crippen LogP contribution in [0.4, 0.5) is 5.69 Å². The minimum atomic E-state index is -0.190. The van der Waals surface area contributed by atoms with Gasteiger partial charge in [-0.2, -0.15) is 0 Å². The Morgan fingerprint density at radius 2 is 1.77 bits per heavy atom. The summed E-state index contributed by atoms with van der Waals surface area (Å²) in [5, 5.41) is 0. The monoisotopic (exact) mass is 415 g/mol. The summed E-state index contributed by atoms with van der Waals surface area (Å²) in [4.78, 5) is 29.3. The number of nitrogens with zero attached hydrogens (tertiary/aromatic N) is 1. The number of benzene rings is 1. The van der Waals surface area contributed by atoms with Gasteiger partial charge in [-0.3, -0.25) is 9.59 Å². The molecule has 0 spiro atoms. The third-order valence-electron chi connectivity index (χ3n) is 4.82. The average molecular weight is 415 g/mol. The number of anilines is 1. The highest BCUT2D eigenvalue weighted by Crippen LogP contribution is 2.22. The van der Waals surface area contributed by atoms with Gasteiger partial charge in [-0.1, -0.05) is 0 Å². The van der Waals surface area contributed by atoms with Crippen molar-refractivity contribution in [2.24, 2.45) is 0 Å². The van der Waals surface area contributed by atoms with Crippen LogP contribution in [0.25, 0.3) is 0 Å². The summed E-state index contributed by atoms with van der Waals surface area (Å²) in [6.45, 7) is 7.48. The molecule has 118 valence electrons. The van der Waals surface area contributed by atoms with Gasteiger partial charge in [0.2, 0.25) is 5.91 Å². The molecule has 5 nitrogen and oxygen atoms in total. The predicted molar refractivity (Wildman–Crippen MR) is 92.0 cm³/mol. The number of amides is 2. The van der Waals surface area contributed by atoms with E-state index in [0.29, 0.717) is 12.1 Å². The molecule has 1 aromatic rings. The molecule has 22 heavy (non-hydrogen) atoms. The lowest BCUT2D eigenvalue weighted by Crippen LogP contribution is -3.29. The molecule has 2 aliphatic heterocycles. The molecule has 2 amide bonds. The van der Waals surface area contributed by atoms with Crippen LogP contribution in [-0.4, -0.2) is 50.6 Å². The number of nitrogens with one attached hydrogen (secondary N) is 2. The normalized spacial score (nSPS) is 29.2. The third kappa shape index (κ3) is 3.04. The van der Waals surface area contributed by atoms with Gasteiger partial charge in [0.05, 0.1) is 18.7 Å². The van der Waals surface area contributed by atoms with Gasteiger partial charge in [0, 0.05) is 3.57 Å². The highest BCUT2D eigenvalue weighted by molar-refractivity contribution is 14.1. The van der Waals surface area contributed by atoms with Gasteiger partial charge >= 0.3 is 0 Å². The van der Waals surface area contributed by atoms with Gasteiger partial charge in [-0.25, -0.2) is 4.90 Å². The number of rotatable bonds is 3. The van der Waals surface area contributed by atoms with E-state index in [1.165, 1.54) is 9.80 Å². The molecule has 2 heterocycles. The number of piperazine rings is 1. The van der Waals surface area contributed by atoms with E-state index in [4.69, 9.17) is 0 Å². The second-order valence-corrected chi connectivity index (χ2v) is 7.31. The van der Waals surface area contributed by atoms with Crippen molar-refractivity contribution in [3.05, 3.63) is 27.8 Å². The number of imide groups is 1. The van der Waals surface area contributed by atoms with Crippen molar-refractivity contribution in [1.29, 1.82) is 0 Å².